The smallest absolute Gasteiger partial charge is 0.225 e. The van der Waals surface area contributed by atoms with Crippen LogP contribution in [-0.2, 0) is 11.3 Å². The minimum Gasteiger partial charge on any atom is -0.496 e. The van der Waals surface area contributed by atoms with Gasteiger partial charge in [0, 0.05) is 25.2 Å². The third-order valence-electron chi connectivity index (χ3n) is 5.72. The molecule has 1 aliphatic heterocycles. The molecule has 1 aliphatic rings. The number of aromatic nitrogens is 3. The third kappa shape index (κ3) is 4.20. The summed E-state index contributed by atoms with van der Waals surface area (Å²) >= 11 is 0. The van der Waals surface area contributed by atoms with Gasteiger partial charge in [0.05, 0.1) is 36.3 Å². The van der Waals surface area contributed by atoms with Gasteiger partial charge in [-0.25, -0.2) is 15.0 Å². The zero-order chi connectivity index (χ0) is 21.1. The van der Waals surface area contributed by atoms with Gasteiger partial charge in [-0.1, -0.05) is 18.2 Å². The number of carbonyl (C=O) groups is 1. The molecule has 1 atom stereocenters. The second-order valence-corrected chi connectivity index (χ2v) is 7.75. The zero-order valence-corrected chi connectivity index (χ0v) is 17.7. The summed E-state index contributed by atoms with van der Waals surface area (Å²) < 4.78 is 5.37. The van der Waals surface area contributed by atoms with Crippen LogP contribution < -0.4 is 15.0 Å². The van der Waals surface area contributed by atoms with Crippen LogP contribution >= 0.6 is 0 Å². The van der Waals surface area contributed by atoms with Crippen molar-refractivity contribution in [3.05, 3.63) is 53.5 Å². The van der Waals surface area contributed by atoms with Crippen molar-refractivity contribution in [2.75, 3.05) is 25.1 Å². The molecule has 1 amide bonds. The van der Waals surface area contributed by atoms with Crippen LogP contribution in [-0.4, -0.2) is 41.1 Å². The summed E-state index contributed by atoms with van der Waals surface area (Å²) in [4.78, 5) is 28.7. The molecular formula is C23H27N5O2. The van der Waals surface area contributed by atoms with Gasteiger partial charge in [-0.3, -0.25) is 4.79 Å². The van der Waals surface area contributed by atoms with E-state index in [-0.39, 0.29) is 11.8 Å². The second-order valence-electron chi connectivity index (χ2n) is 7.75. The fourth-order valence-corrected chi connectivity index (χ4v) is 3.88. The van der Waals surface area contributed by atoms with Crippen LogP contribution in [0.5, 0.6) is 5.75 Å². The van der Waals surface area contributed by atoms with Crippen molar-refractivity contribution in [1.82, 2.24) is 20.3 Å². The summed E-state index contributed by atoms with van der Waals surface area (Å²) in [5.41, 5.74) is 5.22. The van der Waals surface area contributed by atoms with E-state index in [1.807, 2.05) is 50.4 Å². The van der Waals surface area contributed by atoms with E-state index in [1.54, 1.807) is 7.11 Å². The van der Waals surface area contributed by atoms with Gasteiger partial charge in [0.1, 0.15) is 11.3 Å². The SMILES string of the molecule is COc1ccccc1CNC(=O)C1CCCN(c2cnc3nc(C)c(C)nc3c2)C1. The summed E-state index contributed by atoms with van der Waals surface area (Å²) in [7, 11) is 1.64. The van der Waals surface area contributed by atoms with Crippen molar-refractivity contribution in [2.45, 2.75) is 33.2 Å². The van der Waals surface area contributed by atoms with Crippen LogP contribution in [0.25, 0.3) is 11.2 Å². The molecule has 1 fully saturated rings. The monoisotopic (exact) mass is 405 g/mol. The number of amides is 1. The second kappa shape index (κ2) is 8.65. The van der Waals surface area contributed by atoms with Crippen molar-refractivity contribution in [3.63, 3.8) is 0 Å². The highest BCUT2D eigenvalue weighted by Gasteiger charge is 2.26. The molecule has 0 spiro atoms. The summed E-state index contributed by atoms with van der Waals surface area (Å²) in [6, 6.07) is 9.77. The molecule has 7 heteroatoms. The quantitative estimate of drug-likeness (QED) is 0.702. The first-order valence-corrected chi connectivity index (χ1v) is 10.3. The van der Waals surface area contributed by atoms with Crippen molar-refractivity contribution in [1.29, 1.82) is 0 Å². The molecule has 2 aromatic heterocycles. The van der Waals surface area contributed by atoms with Crippen LogP contribution in [0.4, 0.5) is 5.69 Å². The van der Waals surface area contributed by atoms with Crippen LogP contribution in [0, 0.1) is 19.8 Å². The molecule has 3 heterocycles. The lowest BCUT2D eigenvalue weighted by Crippen LogP contribution is -2.43. The maximum atomic E-state index is 12.8. The Hall–Kier alpha value is -3.22. The number of carbonyl (C=O) groups excluding carboxylic acids is 1. The van der Waals surface area contributed by atoms with Crippen LogP contribution in [0.15, 0.2) is 36.5 Å². The summed E-state index contributed by atoms with van der Waals surface area (Å²) in [5, 5.41) is 3.08. The van der Waals surface area contributed by atoms with E-state index in [9.17, 15) is 4.79 Å². The van der Waals surface area contributed by atoms with Crippen molar-refractivity contribution >= 4 is 22.8 Å². The number of anilines is 1. The van der Waals surface area contributed by atoms with E-state index in [0.29, 0.717) is 18.7 Å². The largest absolute Gasteiger partial charge is 0.496 e. The third-order valence-corrected chi connectivity index (χ3v) is 5.72. The van der Waals surface area contributed by atoms with Crippen LogP contribution in [0.3, 0.4) is 0 Å². The van der Waals surface area contributed by atoms with Crippen molar-refractivity contribution in [3.8, 4) is 5.75 Å². The molecule has 1 saturated heterocycles. The van der Waals surface area contributed by atoms with Gasteiger partial charge in [-0.15, -0.1) is 0 Å². The van der Waals surface area contributed by atoms with E-state index in [1.165, 1.54) is 0 Å². The lowest BCUT2D eigenvalue weighted by Gasteiger charge is -2.33. The number of fused-ring (bicyclic) bond motifs is 1. The highest BCUT2D eigenvalue weighted by Crippen LogP contribution is 2.25. The highest BCUT2D eigenvalue weighted by atomic mass is 16.5. The topological polar surface area (TPSA) is 80.2 Å². The van der Waals surface area contributed by atoms with Gasteiger partial charge in [0.2, 0.25) is 5.91 Å². The minimum absolute atomic E-state index is 0.0602. The first kappa shape index (κ1) is 20.1. The van der Waals surface area contributed by atoms with Crippen molar-refractivity contribution < 1.29 is 9.53 Å². The Bertz CT molecular complexity index is 1070. The molecule has 0 saturated carbocycles. The molecule has 1 N–H and O–H groups in total. The predicted molar refractivity (Wildman–Crippen MR) is 117 cm³/mol. The first-order chi connectivity index (χ1) is 14.5. The Morgan fingerprint density at radius 2 is 2.03 bits per heavy atom. The molecule has 3 aromatic rings. The Labute approximate surface area is 176 Å². The normalized spacial score (nSPS) is 16.5. The highest BCUT2D eigenvalue weighted by molar-refractivity contribution is 5.80. The van der Waals surface area contributed by atoms with E-state index in [2.05, 4.69) is 25.2 Å². The molecule has 7 nitrogen and oxygen atoms in total. The fourth-order valence-electron chi connectivity index (χ4n) is 3.88. The number of rotatable bonds is 5. The molecular weight excluding hydrogens is 378 g/mol. The fraction of sp³-hybridized carbons (Fsp3) is 0.391. The van der Waals surface area contributed by atoms with Gasteiger partial charge < -0.3 is 15.0 Å². The number of methoxy groups -OCH3 is 1. The standard InChI is InChI=1S/C23H27N5O2/c1-15-16(2)27-22-20(26-15)11-19(13-24-22)28-10-6-8-18(14-28)23(29)25-12-17-7-4-5-9-21(17)30-3/h4-5,7,9,11,13,18H,6,8,10,12,14H2,1-3H3,(H,25,29). The van der Waals surface area contributed by atoms with Gasteiger partial charge in [0.25, 0.3) is 0 Å². The maximum absolute atomic E-state index is 12.8. The molecule has 1 aromatic carbocycles. The molecule has 30 heavy (non-hydrogen) atoms. The minimum atomic E-state index is -0.0602. The summed E-state index contributed by atoms with van der Waals surface area (Å²) in [5.74, 6) is 0.803. The van der Waals surface area contributed by atoms with Crippen LogP contribution in [0.2, 0.25) is 0 Å². The number of benzene rings is 1. The number of para-hydroxylation sites is 1. The number of nitrogens with zero attached hydrogens (tertiary/aromatic N) is 4. The van der Waals surface area contributed by atoms with E-state index >= 15 is 0 Å². The molecule has 4 rings (SSSR count). The summed E-state index contributed by atoms with van der Waals surface area (Å²) in [6.45, 7) is 5.93. The Morgan fingerprint density at radius 3 is 2.87 bits per heavy atom. The van der Waals surface area contributed by atoms with Crippen molar-refractivity contribution in [2.24, 2.45) is 5.92 Å². The van der Waals surface area contributed by atoms with Gasteiger partial charge in [-0.05, 0) is 38.8 Å². The molecule has 0 bridgehead atoms. The zero-order valence-electron chi connectivity index (χ0n) is 17.7. The van der Waals surface area contributed by atoms with E-state index in [0.717, 1.165) is 53.3 Å². The van der Waals surface area contributed by atoms with Gasteiger partial charge >= 0.3 is 0 Å². The number of piperidine rings is 1. The average molecular weight is 406 g/mol. The van der Waals surface area contributed by atoms with Gasteiger partial charge in [-0.2, -0.15) is 0 Å². The predicted octanol–water partition coefficient (Wildman–Crippen LogP) is 3.18. The first-order valence-electron chi connectivity index (χ1n) is 10.3. The lowest BCUT2D eigenvalue weighted by molar-refractivity contribution is -0.125. The Balaban J connectivity index is 1.44. The van der Waals surface area contributed by atoms with E-state index < -0.39 is 0 Å². The average Bonchev–Trinajstić information content (AvgIpc) is 2.78. The number of hydrogen-bond acceptors (Lipinski definition) is 6. The number of ether oxygens (including phenoxy) is 1. The maximum Gasteiger partial charge on any atom is 0.225 e. The number of nitrogens with one attached hydrogen (secondary N) is 1. The molecule has 0 radical (unpaired) electrons. The number of aryl methyl sites for hydroxylation is 2. The molecule has 0 aliphatic carbocycles. The lowest BCUT2D eigenvalue weighted by atomic mass is 9.96. The number of pyridine rings is 1. The van der Waals surface area contributed by atoms with Gasteiger partial charge in [0.15, 0.2) is 5.65 Å². The summed E-state index contributed by atoms with van der Waals surface area (Å²) in [6.07, 6.45) is 3.68. The molecule has 156 valence electrons. The Kier molecular flexibility index (Phi) is 5.79. The molecule has 1 unspecified atom stereocenters. The van der Waals surface area contributed by atoms with Crippen LogP contribution in [0.1, 0.15) is 29.8 Å². The number of hydrogen-bond donors (Lipinski definition) is 1. The Morgan fingerprint density at radius 1 is 1.23 bits per heavy atom. The van der Waals surface area contributed by atoms with E-state index in [4.69, 9.17) is 4.74 Å².